The molecular weight excluding hydrogens is 356 g/mol. The number of nitrogens with zero attached hydrogens (tertiary/aromatic N) is 1. The first-order valence-corrected chi connectivity index (χ1v) is 9.50. The van der Waals surface area contributed by atoms with E-state index in [0.29, 0.717) is 10.6 Å². The van der Waals surface area contributed by atoms with E-state index in [1.54, 1.807) is 0 Å². The van der Waals surface area contributed by atoms with Gasteiger partial charge in [-0.05, 0) is 48.6 Å². The molecule has 1 heterocycles. The maximum Gasteiger partial charge on any atom is 0.271 e. The molecule has 0 aliphatic heterocycles. The molecule has 0 radical (unpaired) electrons. The number of nitrogens with two attached hydrogens (primary N) is 1. The molecule has 3 aromatic rings. The second-order valence-electron chi connectivity index (χ2n) is 6.34. The van der Waals surface area contributed by atoms with Crippen molar-refractivity contribution in [3.63, 3.8) is 0 Å². The summed E-state index contributed by atoms with van der Waals surface area (Å²) in [7, 11) is 0. The Bertz CT molecular complexity index is 999. The predicted octanol–water partition coefficient (Wildman–Crippen LogP) is 4.46. The highest BCUT2D eigenvalue weighted by molar-refractivity contribution is 7.10. The van der Waals surface area contributed by atoms with E-state index in [9.17, 15) is 4.79 Å². The van der Waals surface area contributed by atoms with Gasteiger partial charge < -0.3 is 11.1 Å². The van der Waals surface area contributed by atoms with Crippen molar-refractivity contribution in [2.75, 3.05) is 5.32 Å². The molecule has 0 saturated carbocycles. The SMILES string of the molecule is CC(C)N=C(N)c1c(Nc2ccc(/C=C/c3ccccc3)cc2)s[nH]c1=O. The molecular formula is C21H22N4OS. The van der Waals surface area contributed by atoms with Crippen molar-refractivity contribution < 1.29 is 0 Å². The highest BCUT2D eigenvalue weighted by Crippen LogP contribution is 2.23. The van der Waals surface area contributed by atoms with Gasteiger partial charge in [-0.1, -0.05) is 54.6 Å². The first-order valence-electron chi connectivity index (χ1n) is 8.68. The molecule has 0 aliphatic carbocycles. The first kappa shape index (κ1) is 18.7. The van der Waals surface area contributed by atoms with E-state index in [1.165, 1.54) is 11.5 Å². The molecule has 5 nitrogen and oxygen atoms in total. The van der Waals surface area contributed by atoms with Crippen LogP contribution in [0.4, 0.5) is 10.7 Å². The van der Waals surface area contributed by atoms with Crippen LogP contribution in [0.5, 0.6) is 0 Å². The largest absolute Gasteiger partial charge is 0.383 e. The quantitative estimate of drug-likeness (QED) is 0.336. The minimum absolute atomic E-state index is 0.0211. The van der Waals surface area contributed by atoms with Gasteiger partial charge in [-0.2, -0.15) is 0 Å². The average molecular weight is 379 g/mol. The van der Waals surface area contributed by atoms with E-state index >= 15 is 0 Å². The Kier molecular flexibility index (Phi) is 5.88. The Labute approximate surface area is 162 Å². The lowest BCUT2D eigenvalue weighted by molar-refractivity contribution is 0.834. The van der Waals surface area contributed by atoms with Crippen molar-refractivity contribution in [3.8, 4) is 0 Å². The third-order valence-electron chi connectivity index (χ3n) is 3.79. The summed E-state index contributed by atoms with van der Waals surface area (Å²) in [6, 6.07) is 18.1. The third kappa shape index (κ3) is 4.95. The number of hydrogen-bond donors (Lipinski definition) is 3. The van der Waals surface area contributed by atoms with Crippen LogP contribution in [0.1, 0.15) is 30.5 Å². The van der Waals surface area contributed by atoms with Crippen molar-refractivity contribution in [1.82, 2.24) is 4.37 Å². The third-order valence-corrected chi connectivity index (χ3v) is 4.59. The summed E-state index contributed by atoms with van der Waals surface area (Å²) in [5.74, 6) is 0.248. The van der Waals surface area contributed by atoms with Crippen molar-refractivity contribution >= 4 is 40.2 Å². The highest BCUT2D eigenvalue weighted by atomic mass is 32.1. The van der Waals surface area contributed by atoms with Crippen LogP contribution in [0.25, 0.3) is 12.2 Å². The summed E-state index contributed by atoms with van der Waals surface area (Å²) >= 11 is 1.21. The zero-order valence-corrected chi connectivity index (χ0v) is 16.1. The summed E-state index contributed by atoms with van der Waals surface area (Å²) in [6.45, 7) is 3.84. The number of aromatic amines is 1. The standard InChI is InChI=1S/C21H22N4OS/c1-14(2)23-19(22)18-20(26)25-27-21(18)24-17-12-10-16(11-13-17)9-8-15-6-4-3-5-7-15/h3-14,24H,1-2H3,(H2,22,23)(H,25,26)/b9-8+. The molecule has 3 rings (SSSR count). The number of nitrogens with one attached hydrogen (secondary N) is 2. The van der Waals surface area contributed by atoms with E-state index in [0.717, 1.165) is 16.8 Å². The number of aromatic nitrogens is 1. The van der Waals surface area contributed by atoms with Gasteiger partial charge in [0.05, 0.1) is 0 Å². The van der Waals surface area contributed by atoms with Crippen LogP contribution in [-0.2, 0) is 0 Å². The van der Waals surface area contributed by atoms with Crippen molar-refractivity contribution in [2.45, 2.75) is 19.9 Å². The molecule has 0 aliphatic rings. The van der Waals surface area contributed by atoms with Gasteiger partial charge in [0.2, 0.25) is 0 Å². The number of aliphatic imine (C=N–C) groups is 1. The second-order valence-corrected chi connectivity index (χ2v) is 7.15. The molecule has 0 amide bonds. The van der Waals surface area contributed by atoms with Gasteiger partial charge in [0, 0.05) is 11.7 Å². The van der Waals surface area contributed by atoms with Crippen LogP contribution in [0.2, 0.25) is 0 Å². The molecule has 0 bridgehead atoms. The molecule has 0 unspecified atom stereocenters. The Morgan fingerprint density at radius 3 is 2.33 bits per heavy atom. The highest BCUT2D eigenvalue weighted by Gasteiger charge is 2.15. The molecule has 27 heavy (non-hydrogen) atoms. The molecule has 0 saturated heterocycles. The summed E-state index contributed by atoms with van der Waals surface area (Å²) in [5.41, 5.74) is 9.28. The molecule has 0 atom stereocenters. The molecule has 138 valence electrons. The van der Waals surface area contributed by atoms with Crippen molar-refractivity contribution in [1.29, 1.82) is 0 Å². The fourth-order valence-electron chi connectivity index (χ4n) is 2.53. The number of amidine groups is 1. The van der Waals surface area contributed by atoms with E-state index in [-0.39, 0.29) is 17.4 Å². The van der Waals surface area contributed by atoms with Crippen LogP contribution < -0.4 is 16.6 Å². The molecule has 2 aromatic carbocycles. The van der Waals surface area contributed by atoms with Gasteiger partial charge in [0.15, 0.2) is 0 Å². The van der Waals surface area contributed by atoms with Crippen molar-refractivity contribution in [3.05, 3.63) is 81.6 Å². The zero-order chi connectivity index (χ0) is 19.2. The van der Waals surface area contributed by atoms with Gasteiger partial charge in [-0.3, -0.25) is 14.2 Å². The van der Waals surface area contributed by atoms with Crippen molar-refractivity contribution in [2.24, 2.45) is 10.7 Å². The summed E-state index contributed by atoms with van der Waals surface area (Å²) in [5, 5.41) is 3.91. The predicted molar refractivity (Wildman–Crippen MR) is 116 cm³/mol. The number of H-pyrrole nitrogens is 1. The number of rotatable bonds is 6. The van der Waals surface area contributed by atoms with Crippen LogP contribution in [0.15, 0.2) is 64.4 Å². The normalized spacial score (nSPS) is 12.0. The monoisotopic (exact) mass is 378 g/mol. The number of benzene rings is 2. The fraction of sp³-hybridized carbons (Fsp3) is 0.143. The smallest absolute Gasteiger partial charge is 0.271 e. The minimum Gasteiger partial charge on any atom is -0.383 e. The lowest BCUT2D eigenvalue weighted by Crippen LogP contribution is -2.23. The molecule has 1 aromatic heterocycles. The summed E-state index contributed by atoms with van der Waals surface area (Å²) in [4.78, 5) is 16.4. The van der Waals surface area contributed by atoms with E-state index in [4.69, 9.17) is 5.73 Å². The van der Waals surface area contributed by atoms with Gasteiger partial charge in [0.25, 0.3) is 5.56 Å². The Morgan fingerprint density at radius 2 is 1.70 bits per heavy atom. The van der Waals surface area contributed by atoms with E-state index in [2.05, 4.69) is 39.0 Å². The van der Waals surface area contributed by atoms with Gasteiger partial charge in [0.1, 0.15) is 16.4 Å². The average Bonchev–Trinajstić information content (AvgIpc) is 3.02. The minimum atomic E-state index is -0.230. The second kappa shape index (κ2) is 8.51. The molecule has 4 N–H and O–H groups in total. The maximum atomic E-state index is 12.1. The summed E-state index contributed by atoms with van der Waals surface area (Å²) < 4.78 is 2.71. The Morgan fingerprint density at radius 1 is 1.07 bits per heavy atom. The number of anilines is 2. The fourth-order valence-corrected chi connectivity index (χ4v) is 3.30. The number of hydrogen-bond acceptors (Lipinski definition) is 4. The lowest BCUT2D eigenvalue weighted by Gasteiger charge is -2.07. The van der Waals surface area contributed by atoms with Crippen LogP contribution in [0.3, 0.4) is 0 Å². The van der Waals surface area contributed by atoms with Gasteiger partial charge in [-0.25, -0.2) is 0 Å². The first-order chi connectivity index (χ1) is 13.0. The van der Waals surface area contributed by atoms with Gasteiger partial charge in [-0.15, -0.1) is 0 Å². The van der Waals surface area contributed by atoms with Crippen LogP contribution >= 0.6 is 11.5 Å². The topological polar surface area (TPSA) is 83.3 Å². The van der Waals surface area contributed by atoms with E-state index in [1.807, 2.05) is 56.3 Å². The van der Waals surface area contributed by atoms with E-state index < -0.39 is 0 Å². The van der Waals surface area contributed by atoms with Gasteiger partial charge >= 0.3 is 0 Å². The summed E-state index contributed by atoms with van der Waals surface area (Å²) in [6.07, 6.45) is 4.13. The Hall–Kier alpha value is -3.12. The van der Waals surface area contributed by atoms with Crippen LogP contribution in [0, 0.1) is 0 Å². The molecule has 0 fully saturated rings. The lowest BCUT2D eigenvalue weighted by atomic mass is 10.1. The maximum absolute atomic E-state index is 12.1. The molecule has 0 spiro atoms. The Balaban J connectivity index is 1.76. The van der Waals surface area contributed by atoms with Crippen LogP contribution in [-0.4, -0.2) is 16.3 Å². The molecule has 6 heteroatoms. The zero-order valence-electron chi connectivity index (χ0n) is 15.3.